The van der Waals surface area contributed by atoms with Crippen molar-refractivity contribution in [1.29, 1.82) is 0 Å². The molecule has 0 aromatic heterocycles. The third-order valence-corrected chi connectivity index (χ3v) is 9.42. The maximum atomic E-state index is 14.5. The van der Waals surface area contributed by atoms with Gasteiger partial charge >= 0.3 is 6.18 Å². The Balaban J connectivity index is 1.87. The zero-order valence-corrected chi connectivity index (χ0v) is 27.7. The number of rotatable bonds is 12. The molecule has 4 rings (SSSR count). The lowest BCUT2D eigenvalue weighted by Crippen LogP contribution is -2.54. The van der Waals surface area contributed by atoms with Gasteiger partial charge in [-0.15, -0.1) is 0 Å². The van der Waals surface area contributed by atoms with Gasteiger partial charge in [0.2, 0.25) is 11.8 Å². The van der Waals surface area contributed by atoms with Crippen LogP contribution in [0.1, 0.15) is 30.5 Å². The van der Waals surface area contributed by atoms with Gasteiger partial charge in [-0.2, -0.15) is 13.2 Å². The van der Waals surface area contributed by atoms with Crippen molar-refractivity contribution in [2.45, 2.75) is 50.0 Å². The second-order valence-electron chi connectivity index (χ2n) is 11.0. The van der Waals surface area contributed by atoms with E-state index < -0.39 is 51.9 Å². The molecule has 4 aromatic rings. The van der Waals surface area contributed by atoms with Gasteiger partial charge in [-0.05, 0) is 67.4 Å². The van der Waals surface area contributed by atoms with Crippen molar-refractivity contribution < 1.29 is 31.2 Å². The van der Waals surface area contributed by atoms with E-state index in [1.807, 2.05) is 0 Å². The van der Waals surface area contributed by atoms with E-state index in [0.29, 0.717) is 21.0 Å². The van der Waals surface area contributed by atoms with Gasteiger partial charge in [-0.1, -0.05) is 83.9 Å². The average molecular weight is 707 g/mol. The predicted molar refractivity (Wildman–Crippen MR) is 177 cm³/mol. The smallest absolute Gasteiger partial charge is 0.352 e. The van der Waals surface area contributed by atoms with Gasteiger partial charge in [-0.3, -0.25) is 13.9 Å². The van der Waals surface area contributed by atoms with E-state index >= 15 is 0 Å². The first kappa shape index (κ1) is 35.8. The lowest BCUT2D eigenvalue weighted by atomic mass is 10.0. The van der Waals surface area contributed by atoms with Gasteiger partial charge < -0.3 is 10.2 Å². The molecule has 0 spiro atoms. The van der Waals surface area contributed by atoms with E-state index in [1.54, 1.807) is 74.5 Å². The molecule has 7 nitrogen and oxygen atoms in total. The normalized spacial score (nSPS) is 12.4. The van der Waals surface area contributed by atoms with Crippen molar-refractivity contribution in [3.05, 3.63) is 130 Å². The number of halogens is 5. The first-order chi connectivity index (χ1) is 22.2. The zero-order chi connectivity index (χ0) is 34.4. The van der Waals surface area contributed by atoms with Crippen LogP contribution >= 0.6 is 23.2 Å². The molecule has 1 N–H and O–H groups in total. The van der Waals surface area contributed by atoms with Crippen LogP contribution in [0.15, 0.2) is 108 Å². The lowest BCUT2D eigenvalue weighted by molar-refractivity contribution is -0.140. The fraction of sp³-hybridized carbons (Fsp3) is 0.235. The van der Waals surface area contributed by atoms with Crippen molar-refractivity contribution in [2.24, 2.45) is 0 Å². The second kappa shape index (κ2) is 15.2. The van der Waals surface area contributed by atoms with Crippen LogP contribution in [-0.2, 0) is 38.8 Å². The SMILES string of the molecule is CC(C)NC(=O)[C@@H](Cc1ccccc1)N(Cc1cccc(Cl)c1)C(=O)CN(c1cc(C(F)(F)F)ccc1Cl)S(=O)(=O)c1ccccc1. The summed E-state index contributed by atoms with van der Waals surface area (Å²) in [6, 6.07) is 23.3. The number of alkyl halides is 3. The monoisotopic (exact) mass is 705 g/mol. The Bertz CT molecular complexity index is 1810. The van der Waals surface area contributed by atoms with E-state index in [9.17, 15) is 31.2 Å². The number of anilines is 1. The molecule has 47 heavy (non-hydrogen) atoms. The molecule has 0 fully saturated rings. The molecule has 248 valence electrons. The highest BCUT2D eigenvalue weighted by Gasteiger charge is 2.37. The molecule has 0 heterocycles. The molecule has 0 aliphatic heterocycles. The Kier molecular flexibility index (Phi) is 11.6. The topological polar surface area (TPSA) is 86.8 Å². The maximum absolute atomic E-state index is 14.5. The van der Waals surface area contributed by atoms with Crippen LogP contribution in [0, 0.1) is 0 Å². The third kappa shape index (κ3) is 9.27. The van der Waals surface area contributed by atoms with E-state index in [-0.39, 0.29) is 28.9 Å². The second-order valence-corrected chi connectivity index (χ2v) is 13.7. The molecule has 0 saturated heterocycles. The number of carbonyl (C=O) groups excluding carboxylic acids is 2. The number of nitrogens with one attached hydrogen (secondary N) is 1. The Hall–Kier alpha value is -4.06. The molecule has 4 aromatic carbocycles. The Morgan fingerprint density at radius 1 is 0.830 bits per heavy atom. The Labute approximate surface area is 282 Å². The largest absolute Gasteiger partial charge is 0.416 e. The summed E-state index contributed by atoms with van der Waals surface area (Å²) in [7, 11) is -4.66. The van der Waals surface area contributed by atoms with Gasteiger partial charge in [-0.25, -0.2) is 8.42 Å². The van der Waals surface area contributed by atoms with Gasteiger partial charge in [0.05, 0.1) is 21.2 Å². The van der Waals surface area contributed by atoms with Crippen molar-refractivity contribution >= 4 is 50.7 Å². The summed E-state index contributed by atoms with van der Waals surface area (Å²) in [5, 5.41) is 2.87. The van der Waals surface area contributed by atoms with E-state index in [1.165, 1.54) is 29.2 Å². The summed E-state index contributed by atoms with van der Waals surface area (Å²) in [4.78, 5) is 29.1. The predicted octanol–water partition coefficient (Wildman–Crippen LogP) is 7.37. The van der Waals surface area contributed by atoms with Crippen molar-refractivity contribution in [3.63, 3.8) is 0 Å². The van der Waals surface area contributed by atoms with Crippen LogP contribution in [-0.4, -0.2) is 43.8 Å². The average Bonchev–Trinajstić information content (AvgIpc) is 3.02. The number of hydrogen-bond acceptors (Lipinski definition) is 4. The molecule has 0 radical (unpaired) electrons. The summed E-state index contributed by atoms with van der Waals surface area (Å²) >= 11 is 12.6. The summed E-state index contributed by atoms with van der Waals surface area (Å²) in [6.07, 6.45) is -4.78. The molecule has 0 aliphatic carbocycles. The van der Waals surface area contributed by atoms with Crippen LogP contribution in [0.2, 0.25) is 10.0 Å². The minimum Gasteiger partial charge on any atom is -0.352 e. The minimum atomic E-state index is -4.83. The van der Waals surface area contributed by atoms with E-state index in [2.05, 4.69) is 5.32 Å². The Morgan fingerprint density at radius 2 is 1.45 bits per heavy atom. The first-order valence-corrected chi connectivity index (χ1v) is 16.7. The molecule has 0 aliphatic rings. The number of sulfonamides is 1. The van der Waals surface area contributed by atoms with Crippen LogP contribution in [0.4, 0.5) is 18.9 Å². The molecular weight excluding hydrogens is 674 g/mol. The summed E-state index contributed by atoms with van der Waals surface area (Å²) in [5.41, 5.74) is -0.454. The number of carbonyl (C=O) groups is 2. The zero-order valence-electron chi connectivity index (χ0n) is 25.4. The molecular formula is C34H32Cl2F3N3O4S. The van der Waals surface area contributed by atoms with Gasteiger partial charge in [0.1, 0.15) is 12.6 Å². The quantitative estimate of drug-likeness (QED) is 0.167. The van der Waals surface area contributed by atoms with Crippen LogP contribution in [0.25, 0.3) is 0 Å². The van der Waals surface area contributed by atoms with Crippen molar-refractivity contribution in [2.75, 3.05) is 10.8 Å². The summed E-state index contributed by atoms with van der Waals surface area (Å²) in [5.74, 6) is -1.37. The standard InChI is InChI=1S/C34H32Cl2F3N3O4S/c1-23(2)40-33(44)31(19-24-10-5-3-6-11-24)41(21-25-12-9-13-27(35)18-25)32(43)22-42(47(45,46)28-14-7-4-8-15-28)30-20-26(34(37,38)39)16-17-29(30)36/h3-18,20,23,31H,19,21-22H2,1-2H3,(H,40,44)/t31-/m1/s1. The lowest BCUT2D eigenvalue weighted by Gasteiger charge is -2.34. The molecule has 0 bridgehead atoms. The number of benzene rings is 4. The minimum absolute atomic E-state index is 0.0570. The Morgan fingerprint density at radius 3 is 2.04 bits per heavy atom. The molecule has 0 saturated carbocycles. The maximum Gasteiger partial charge on any atom is 0.416 e. The van der Waals surface area contributed by atoms with Crippen molar-refractivity contribution in [3.8, 4) is 0 Å². The van der Waals surface area contributed by atoms with Crippen LogP contribution in [0.3, 0.4) is 0 Å². The number of nitrogens with zero attached hydrogens (tertiary/aromatic N) is 2. The fourth-order valence-corrected chi connectivity index (χ4v) is 6.81. The van der Waals surface area contributed by atoms with Crippen molar-refractivity contribution in [1.82, 2.24) is 10.2 Å². The number of hydrogen-bond donors (Lipinski definition) is 1. The third-order valence-electron chi connectivity index (χ3n) is 7.10. The molecule has 2 amide bonds. The molecule has 13 heteroatoms. The van der Waals surface area contributed by atoms with Gasteiger partial charge in [0.15, 0.2) is 0 Å². The summed E-state index contributed by atoms with van der Waals surface area (Å²) < 4.78 is 70.1. The van der Waals surface area contributed by atoms with E-state index in [4.69, 9.17) is 23.2 Å². The summed E-state index contributed by atoms with van der Waals surface area (Å²) in [6.45, 7) is 2.37. The van der Waals surface area contributed by atoms with Gasteiger partial charge in [0, 0.05) is 24.0 Å². The van der Waals surface area contributed by atoms with E-state index in [0.717, 1.165) is 17.7 Å². The van der Waals surface area contributed by atoms with Crippen LogP contribution < -0.4 is 9.62 Å². The highest BCUT2D eigenvalue weighted by molar-refractivity contribution is 7.92. The molecule has 1 atom stereocenters. The van der Waals surface area contributed by atoms with Gasteiger partial charge in [0.25, 0.3) is 10.0 Å². The van der Waals surface area contributed by atoms with Crippen LogP contribution in [0.5, 0.6) is 0 Å². The first-order valence-electron chi connectivity index (χ1n) is 14.5. The molecule has 0 unspecified atom stereocenters. The number of amides is 2. The highest BCUT2D eigenvalue weighted by atomic mass is 35.5. The fourth-order valence-electron chi connectivity index (χ4n) is 4.88. The highest BCUT2D eigenvalue weighted by Crippen LogP contribution is 2.37.